The quantitative estimate of drug-likeness (QED) is 0.656. The van der Waals surface area contributed by atoms with Gasteiger partial charge in [0.25, 0.3) is 0 Å². The van der Waals surface area contributed by atoms with Crippen molar-refractivity contribution in [2.45, 2.75) is 19.3 Å². The second-order valence-electron chi connectivity index (χ2n) is 6.71. The highest BCUT2D eigenvalue weighted by molar-refractivity contribution is 6.23. The smallest absolute Gasteiger partial charge is 0.336 e. The minimum atomic E-state index is -0.521. The number of nitrogens with one attached hydrogen (secondary N) is 1. The van der Waals surface area contributed by atoms with E-state index in [0.717, 1.165) is 16.8 Å². The number of carbonyl (C=O) groups excluding carboxylic acids is 2. The number of fused-ring (bicyclic) bond motifs is 2. The van der Waals surface area contributed by atoms with Gasteiger partial charge in [-0.25, -0.2) is 4.79 Å². The van der Waals surface area contributed by atoms with Gasteiger partial charge in [0.1, 0.15) is 6.61 Å². The zero-order valence-corrected chi connectivity index (χ0v) is 15.4. The summed E-state index contributed by atoms with van der Waals surface area (Å²) in [7, 11) is 0. The predicted octanol–water partition coefficient (Wildman–Crippen LogP) is 3.71. The van der Waals surface area contributed by atoms with E-state index in [-0.39, 0.29) is 18.8 Å². The number of allylic oxidation sites excluding steroid dienone is 2. The van der Waals surface area contributed by atoms with E-state index in [1.165, 1.54) is 0 Å². The van der Waals surface area contributed by atoms with Crippen LogP contribution in [0.5, 0.6) is 0 Å². The van der Waals surface area contributed by atoms with Crippen LogP contribution in [0.25, 0.3) is 5.70 Å². The molecule has 1 atom stereocenters. The maximum absolute atomic E-state index is 13.2. The molecule has 2 aliphatic rings. The molecule has 138 valence electrons. The monoisotopic (exact) mass is 370 g/mol. The summed E-state index contributed by atoms with van der Waals surface area (Å²) in [6.07, 6.45) is 0.125. The summed E-state index contributed by atoms with van der Waals surface area (Å²) in [5.74, 6) is -1.11. The van der Waals surface area contributed by atoms with E-state index in [4.69, 9.17) is 10.00 Å². The molecule has 28 heavy (non-hydrogen) atoms. The molecular weight excluding hydrogens is 352 g/mol. The van der Waals surface area contributed by atoms with E-state index in [0.29, 0.717) is 22.4 Å². The number of hydrogen-bond acceptors (Lipinski definition) is 5. The van der Waals surface area contributed by atoms with Crippen molar-refractivity contribution in [3.05, 3.63) is 88.1 Å². The fourth-order valence-corrected chi connectivity index (χ4v) is 3.85. The van der Waals surface area contributed by atoms with Crippen molar-refractivity contribution >= 4 is 17.4 Å². The van der Waals surface area contributed by atoms with E-state index >= 15 is 0 Å². The molecule has 0 saturated heterocycles. The number of carbonyl (C=O) groups is 2. The van der Waals surface area contributed by atoms with Gasteiger partial charge in [-0.2, -0.15) is 5.26 Å². The Hall–Kier alpha value is -3.65. The van der Waals surface area contributed by atoms with Crippen LogP contribution in [0.2, 0.25) is 0 Å². The third-order valence-corrected chi connectivity index (χ3v) is 5.05. The summed E-state index contributed by atoms with van der Waals surface area (Å²) in [6.45, 7) is 1.83. The van der Waals surface area contributed by atoms with Crippen molar-refractivity contribution in [1.29, 1.82) is 5.26 Å². The third kappa shape index (κ3) is 2.80. The number of Topliss-reactive ketones (excluding diaryl/α,β-unsaturated/α-hetero) is 1. The third-order valence-electron chi connectivity index (χ3n) is 5.05. The molecule has 1 aliphatic carbocycles. The molecule has 0 amide bonds. The molecule has 0 radical (unpaired) electrons. The molecule has 1 N–H and O–H groups in total. The molecule has 0 unspecified atom stereocenters. The number of esters is 1. The molecular formula is C23H18N2O3. The number of dihydropyridines is 1. The maximum Gasteiger partial charge on any atom is 0.336 e. The largest absolute Gasteiger partial charge is 0.461 e. The predicted molar refractivity (Wildman–Crippen MR) is 104 cm³/mol. The van der Waals surface area contributed by atoms with Gasteiger partial charge in [0.2, 0.25) is 0 Å². The van der Waals surface area contributed by atoms with Gasteiger partial charge in [-0.3, -0.25) is 4.79 Å². The van der Waals surface area contributed by atoms with Crippen LogP contribution >= 0.6 is 0 Å². The van der Waals surface area contributed by atoms with Crippen LogP contribution in [-0.4, -0.2) is 18.4 Å². The van der Waals surface area contributed by atoms with Crippen LogP contribution in [0.15, 0.2) is 71.4 Å². The second kappa shape index (κ2) is 7.16. The Morgan fingerprint density at radius 1 is 1.11 bits per heavy atom. The number of nitriles is 1. The minimum Gasteiger partial charge on any atom is -0.461 e. The van der Waals surface area contributed by atoms with E-state index in [2.05, 4.69) is 5.32 Å². The summed E-state index contributed by atoms with van der Waals surface area (Å²) in [6, 6.07) is 18.9. The fourth-order valence-electron chi connectivity index (χ4n) is 3.85. The van der Waals surface area contributed by atoms with Crippen molar-refractivity contribution in [3.63, 3.8) is 0 Å². The molecule has 0 aromatic heterocycles. The van der Waals surface area contributed by atoms with Gasteiger partial charge in [0.15, 0.2) is 5.78 Å². The van der Waals surface area contributed by atoms with Gasteiger partial charge < -0.3 is 10.1 Å². The number of ketones is 1. The molecule has 5 heteroatoms. The molecule has 0 spiro atoms. The van der Waals surface area contributed by atoms with Crippen molar-refractivity contribution in [3.8, 4) is 6.07 Å². The van der Waals surface area contributed by atoms with Crippen molar-refractivity contribution in [1.82, 2.24) is 5.32 Å². The first-order valence-corrected chi connectivity index (χ1v) is 9.08. The van der Waals surface area contributed by atoms with Gasteiger partial charge in [0, 0.05) is 28.3 Å². The average Bonchev–Trinajstić information content (AvgIpc) is 3.00. The van der Waals surface area contributed by atoms with Gasteiger partial charge in [-0.05, 0) is 12.5 Å². The van der Waals surface area contributed by atoms with Crippen molar-refractivity contribution < 1.29 is 14.3 Å². The van der Waals surface area contributed by atoms with Crippen LogP contribution in [-0.2, 0) is 9.53 Å². The van der Waals surface area contributed by atoms with Gasteiger partial charge in [-0.1, -0.05) is 54.6 Å². The Morgan fingerprint density at radius 3 is 2.50 bits per heavy atom. The molecule has 2 aromatic rings. The normalized spacial score (nSPS) is 17.6. The molecule has 5 nitrogen and oxygen atoms in total. The molecule has 1 aliphatic heterocycles. The Balaban J connectivity index is 1.84. The van der Waals surface area contributed by atoms with Crippen LogP contribution in [0.4, 0.5) is 0 Å². The van der Waals surface area contributed by atoms with Crippen LogP contribution < -0.4 is 5.32 Å². The van der Waals surface area contributed by atoms with Crippen LogP contribution in [0.3, 0.4) is 0 Å². The number of hydrogen-bond donors (Lipinski definition) is 1. The Morgan fingerprint density at radius 2 is 1.79 bits per heavy atom. The second-order valence-corrected chi connectivity index (χ2v) is 6.71. The number of nitrogens with zero attached hydrogens (tertiary/aromatic N) is 1. The first kappa shape index (κ1) is 17.7. The molecule has 0 saturated carbocycles. The fraction of sp³-hybridized carbons (Fsp3) is 0.174. The highest BCUT2D eigenvalue weighted by atomic mass is 16.5. The zero-order valence-electron chi connectivity index (χ0n) is 15.4. The Kier molecular flexibility index (Phi) is 4.54. The molecule has 0 bridgehead atoms. The van der Waals surface area contributed by atoms with Gasteiger partial charge >= 0.3 is 5.97 Å². The lowest BCUT2D eigenvalue weighted by atomic mass is 9.80. The molecule has 4 rings (SSSR count). The summed E-state index contributed by atoms with van der Waals surface area (Å²) in [5, 5.41) is 12.0. The first-order valence-electron chi connectivity index (χ1n) is 9.08. The van der Waals surface area contributed by atoms with Crippen LogP contribution in [0, 0.1) is 11.3 Å². The lowest BCUT2D eigenvalue weighted by Gasteiger charge is -2.29. The zero-order chi connectivity index (χ0) is 19.7. The topological polar surface area (TPSA) is 79.2 Å². The highest BCUT2D eigenvalue weighted by Gasteiger charge is 2.42. The first-order chi connectivity index (χ1) is 13.6. The van der Waals surface area contributed by atoms with E-state index in [1.807, 2.05) is 61.5 Å². The van der Waals surface area contributed by atoms with Gasteiger partial charge in [0.05, 0.1) is 23.8 Å². The molecule has 2 aromatic carbocycles. The lowest BCUT2D eigenvalue weighted by Crippen LogP contribution is -2.29. The maximum atomic E-state index is 13.2. The summed E-state index contributed by atoms with van der Waals surface area (Å²) < 4.78 is 5.31. The SMILES string of the molecule is CC1=C(C(=O)OCCC#N)[C@H](c2ccccc2)C2=C(N1)c1ccccc1C2=O. The van der Waals surface area contributed by atoms with Crippen molar-refractivity contribution in [2.75, 3.05) is 6.61 Å². The standard InChI is InChI=1S/C23H18N2O3/c1-14-18(23(27)28-13-7-12-24)19(15-8-3-2-4-9-15)20-21(25-14)16-10-5-6-11-17(16)22(20)26/h2-6,8-11,19,25H,7,13H2,1H3/t19-/m0/s1. The van der Waals surface area contributed by atoms with Crippen molar-refractivity contribution in [2.24, 2.45) is 0 Å². The number of benzene rings is 2. The summed E-state index contributed by atoms with van der Waals surface area (Å²) >= 11 is 0. The van der Waals surface area contributed by atoms with E-state index in [1.54, 1.807) is 6.07 Å². The van der Waals surface area contributed by atoms with E-state index < -0.39 is 11.9 Å². The average molecular weight is 370 g/mol. The van der Waals surface area contributed by atoms with E-state index in [9.17, 15) is 9.59 Å². The Bertz CT molecular complexity index is 1070. The van der Waals surface area contributed by atoms with Gasteiger partial charge in [-0.15, -0.1) is 0 Å². The molecule has 0 fully saturated rings. The van der Waals surface area contributed by atoms with Crippen LogP contribution in [0.1, 0.15) is 40.7 Å². The number of ether oxygens (including phenoxy) is 1. The molecule has 1 heterocycles. The highest BCUT2D eigenvalue weighted by Crippen LogP contribution is 2.46. The lowest BCUT2D eigenvalue weighted by molar-refractivity contribution is -0.139. The summed E-state index contributed by atoms with van der Waals surface area (Å²) in [5.41, 5.74) is 4.70. The number of rotatable bonds is 4. The minimum absolute atomic E-state index is 0.0215. The Labute approximate surface area is 162 Å². The summed E-state index contributed by atoms with van der Waals surface area (Å²) in [4.78, 5) is 26.1.